The van der Waals surface area contributed by atoms with Crippen molar-refractivity contribution in [2.45, 2.75) is 0 Å². The quantitative estimate of drug-likeness (QED) is 0.526. The maximum Gasteiger partial charge on any atom is 0.188 e. The van der Waals surface area contributed by atoms with E-state index in [0.29, 0.717) is 13.2 Å². The number of hydrogen-bond donors (Lipinski definition) is 0. The number of allylic oxidation sites excluding steroid dienone is 4. The van der Waals surface area contributed by atoms with E-state index >= 15 is 0 Å². The molecule has 0 aromatic heterocycles. The van der Waals surface area contributed by atoms with Gasteiger partial charge in [0.25, 0.3) is 0 Å². The molecule has 158 valence electrons. The number of ether oxygens (including phenoxy) is 1. The molecule has 1 aliphatic carbocycles. The van der Waals surface area contributed by atoms with E-state index in [-0.39, 0.29) is 5.78 Å². The maximum atomic E-state index is 13.3. The van der Waals surface area contributed by atoms with Crippen LogP contribution in [0.2, 0.25) is 0 Å². The number of benzene rings is 3. The molecule has 1 saturated heterocycles. The van der Waals surface area contributed by atoms with Gasteiger partial charge in [-0.1, -0.05) is 91.0 Å². The summed E-state index contributed by atoms with van der Waals surface area (Å²) >= 11 is 0. The van der Waals surface area contributed by atoms with Crippen LogP contribution >= 0.6 is 0 Å². The fourth-order valence-corrected chi connectivity index (χ4v) is 4.35. The van der Waals surface area contributed by atoms with Gasteiger partial charge < -0.3 is 9.64 Å². The highest BCUT2D eigenvalue weighted by Gasteiger charge is 2.26. The lowest BCUT2D eigenvalue weighted by Crippen LogP contribution is -2.36. The van der Waals surface area contributed by atoms with Crippen molar-refractivity contribution in [1.82, 2.24) is 4.90 Å². The first kappa shape index (κ1) is 20.2. The number of morpholine rings is 1. The average Bonchev–Trinajstić information content (AvgIpc) is 2.87. The largest absolute Gasteiger partial charge is 0.378 e. The van der Waals surface area contributed by atoms with Gasteiger partial charge >= 0.3 is 0 Å². The Kier molecular flexibility index (Phi) is 5.82. The Balaban J connectivity index is 1.59. The zero-order valence-electron chi connectivity index (χ0n) is 17.9. The van der Waals surface area contributed by atoms with Crippen molar-refractivity contribution in [1.29, 1.82) is 0 Å². The molecule has 0 N–H and O–H groups in total. The second-order valence-electron chi connectivity index (χ2n) is 7.93. The van der Waals surface area contributed by atoms with Crippen molar-refractivity contribution < 1.29 is 9.53 Å². The molecule has 1 heterocycles. The van der Waals surface area contributed by atoms with Crippen molar-refractivity contribution in [2.75, 3.05) is 26.3 Å². The molecule has 0 bridgehead atoms. The summed E-state index contributed by atoms with van der Waals surface area (Å²) in [5.41, 5.74) is 7.15. The van der Waals surface area contributed by atoms with Gasteiger partial charge in [0, 0.05) is 36.0 Å². The summed E-state index contributed by atoms with van der Waals surface area (Å²) in [5, 5.41) is 0. The van der Waals surface area contributed by atoms with E-state index in [1.54, 1.807) is 6.08 Å². The van der Waals surface area contributed by atoms with Crippen molar-refractivity contribution in [3.63, 3.8) is 0 Å². The number of hydrogen-bond acceptors (Lipinski definition) is 3. The smallest absolute Gasteiger partial charge is 0.188 e. The molecule has 0 unspecified atom stereocenters. The number of rotatable bonds is 4. The van der Waals surface area contributed by atoms with Crippen LogP contribution in [-0.4, -0.2) is 37.0 Å². The monoisotopic (exact) mass is 419 g/mol. The lowest BCUT2D eigenvalue weighted by atomic mass is 9.87. The molecule has 2 aliphatic rings. The van der Waals surface area contributed by atoms with Crippen LogP contribution in [0.25, 0.3) is 16.8 Å². The van der Waals surface area contributed by atoms with Crippen molar-refractivity contribution in [2.24, 2.45) is 0 Å². The van der Waals surface area contributed by atoms with E-state index in [4.69, 9.17) is 4.74 Å². The van der Waals surface area contributed by atoms with Gasteiger partial charge in [0.05, 0.1) is 13.2 Å². The van der Waals surface area contributed by atoms with Crippen LogP contribution in [0.3, 0.4) is 0 Å². The molecule has 0 spiro atoms. The van der Waals surface area contributed by atoms with Gasteiger partial charge in [-0.3, -0.25) is 4.79 Å². The lowest BCUT2D eigenvalue weighted by molar-refractivity contribution is -0.109. The Morgan fingerprint density at radius 1 is 0.750 bits per heavy atom. The van der Waals surface area contributed by atoms with Crippen LogP contribution < -0.4 is 0 Å². The Morgan fingerprint density at radius 3 is 1.94 bits per heavy atom. The third-order valence-corrected chi connectivity index (χ3v) is 5.96. The second kappa shape index (κ2) is 9.21. The summed E-state index contributed by atoms with van der Waals surface area (Å²) in [5.74, 6) is 0.0434. The molecule has 3 nitrogen and oxygen atoms in total. The summed E-state index contributed by atoms with van der Waals surface area (Å²) in [7, 11) is 0. The standard InChI is InChI=1S/C29H25NO2/c31-29-21-28(30-17-19-32-20-18-30)26-14-8-7-13-25(26)27(29)16-15-24(22-9-3-1-4-10-22)23-11-5-2-6-12-23/h1-16,21H,17-20H2/b27-16-. The van der Waals surface area contributed by atoms with Crippen molar-refractivity contribution in [3.05, 3.63) is 125 Å². The summed E-state index contributed by atoms with van der Waals surface area (Å²) in [6, 6.07) is 28.8. The maximum absolute atomic E-state index is 13.3. The van der Waals surface area contributed by atoms with E-state index < -0.39 is 0 Å². The molecular formula is C29H25NO2. The highest BCUT2D eigenvalue weighted by atomic mass is 16.5. The Bertz CT molecular complexity index is 1160. The minimum absolute atomic E-state index is 0.0434. The molecule has 0 radical (unpaired) electrons. The van der Waals surface area contributed by atoms with Crippen LogP contribution in [0.1, 0.15) is 22.3 Å². The fourth-order valence-electron chi connectivity index (χ4n) is 4.35. The highest BCUT2D eigenvalue weighted by molar-refractivity contribution is 6.31. The van der Waals surface area contributed by atoms with E-state index in [2.05, 4.69) is 41.3 Å². The van der Waals surface area contributed by atoms with Gasteiger partial charge in [0.1, 0.15) is 0 Å². The second-order valence-corrected chi connectivity index (χ2v) is 7.93. The van der Waals surface area contributed by atoms with E-state index in [9.17, 15) is 4.79 Å². The van der Waals surface area contributed by atoms with Gasteiger partial charge in [0.2, 0.25) is 0 Å². The first-order valence-electron chi connectivity index (χ1n) is 11.0. The van der Waals surface area contributed by atoms with Gasteiger partial charge in [-0.2, -0.15) is 0 Å². The Hall–Kier alpha value is -3.69. The van der Waals surface area contributed by atoms with Gasteiger partial charge in [0.15, 0.2) is 5.78 Å². The van der Waals surface area contributed by atoms with Crippen LogP contribution in [0.15, 0.2) is 103 Å². The molecule has 3 aromatic carbocycles. The molecule has 0 saturated carbocycles. The van der Waals surface area contributed by atoms with Crippen molar-refractivity contribution >= 4 is 22.6 Å². The van der Waals surface area contributed by atoms with Crippen LogP contribution in [0.5, 0.6) is 0 Å². The average molecular weight is 420 g/mol. The Labute approximate surface area is 189 Å². The molecule has 5 rings (SSSR count). The third kappa shape index (κ3) is 4.08. The minimum atomic E-state index is 0.0434. The first-order valence-corrected chi connectivity index (χ1v) is 11.0. The normalized spacial score (nSPS) is 17.0. The molecule has 1 aliphatic heterocycles. The topological polar surface area (TPSA) is 29.5 Å². The lowest BCUT2D eigenvalue weighted by Gasteiger charge is -2.33. The summed E-state index contributed by atoms with van der Waals surface area (Å²) in [6.07, 6.45) is 5.84. The van der Waals surface area contributed by atoms with Crippen LogP contribution in [0, 0.1) is 0 Å². The molecule has 3 aromatic rings. The van der Waals surface area contributed by atoms with Gasteiger partial charge in [-0.25, -0.2) is 0 Å². The highest BCUT2D eigenvalue weighted by Crippen LogP contribution is 2.35. The molecule has 3 heteroatoms. The van der Waals surface area contributed by atoms with Crippen LogP contribution in [-0.2, 0) is 9.53 Å². The number of fused-ring (bicyclic) bond motifs is 1. The number of carbonyl (C=O) groups excluding carboxylic acids is 1. The predicted octanol–water partition coefficient (Wildman–Crippen LogP) is 5.46. The summed E-state index contributed by atoms with van der Waals surface area (Å²) in [6.45, 7) is 2.99. The molecule has 1 fully saturated rings. The SMILES string of the molecule is O=C1C=C(N2CCOCC2)c2ccccc2/C1=C/C=C(c1ccccc1)c1ccccc1. The zero-order chi connectivity index (χ0) is 21.8. The molecular weight excluding hydrogens is 394 g/mol. The predicted molar refractivity (Wildman–Crippen MR) is 130 cm³/mol. The minimum Gasteiger partial charge on any atom is -0.378 e. The number of ketones is 1. The van der Waals surface area contributed by atoms with Gasteiger partial charge in [-0.15, -0.1) is 0 Å². The van der Waals surface area contributed by atoms with E-state index in [1.807, 2.05) is 60.7 Å². The molecule has 0 amide bonds. The zero-order valence-corrected chi connectivity index (χ0v) is 17.9. The van der Waals surface area contributed by atoms with Crippen LogP contribution in [0.4, 0.5) is 0 Å². The molecule has 32 heavy (non-hydrogen) atoms. The number of nitrogens with zero attached hydrogens (tertiary/aromatic N) is 1. The van der Waals surface area contributed by atoms with Gasteiger partial charge in [-0.05, 0) is 28.3 Å². The Morgan fingerprint density at radius 2 is 1.31 bits per heavy atom. The first-order chi connectivity index (χ1) is 15.8. The molecule has 0 atom stereocenters. The van der Waals surface area contributed by atoms with Crippen molar-refractivity contribution in [3.8, 4) is 0 Å². The summed E-state index contributed by atoms with van der Waals surface area (Å²) < 4.78 is 5.50. The van der Waals surface area contributed by atoms with E-state index in [0.717, 1.165) is 52.2 Å². The fraction of sp³-hybridized carbons (Fsp3) is 0.138. The summed E-state index contributed by atoms with van der Waals surface area (Å²) in [4.78, 5) is 15.5. The van der Waals surface area contributed by atoms with E-state index in [1.165, 1.54) is 0 Å². The number of carbonyl (C=O) groups is 1. The third-order valence-electron chi connectivity index (χ3n) is 5.96.